The summed E-state index contributed by atoms with van der Waals surface area (Å²) >= 11 is 0. The number of methoxy groups -OCH3 is 1. The Balaban J connectivity index is 1.41. The molecule has 1 aromatic heterocycles. The maximum atomic E-state index is 5.29. The molecule has 1 fully saturated rings. The molecule has 1 aliphatic heterocycles. The van der Waals surface area contributed by atoms with E-state index in [9.17, 15) is 0 Å². The normalized spacial score (nSPS) is 16.5. The van der Waals surface area contributed by atoms with Crippen LogP contribution in [-0.4, -0.2) is 47.2 Å². The molecule has 6 heteroatoms. The van der Waals surface area contributed by atoms with Crippen LogP contribution in [0.3, 0.4) is 0 Å². The van der Waals surface area contributed by atoms with Crippen LogP contribution in [0.2, 0.25) is 0 Å². The van der Waals surface area contributed by atoms with E-state index in [0.717, 1.165) is 44.3 Å². The van der Waals surface area contributed by atoms with Gasteiger partial charge in [0.25, 0.3) is 0 Å². The van der Waals surface area contributed by atoms with Crippen molar-refractivity contribution >= 4 is 5.96 Å². The van der Waals surface area contributed by atoms with E-state index in [-0.39, 0.29) is 0 Å². The minimum Gasteiger partial charge on any atom is -0.497 e. The number of nitrogens with one attached hydrogen (secondary N) is 1. The molecule has 1 aliphatic rings. The van der Waals surface area contributed by atoms with Gasteiger partial charge in [0.2, 0.25) is 0 Å². The van der Waals surface area contributed by atoms with Gasteiger partial charge >= 0.3 is 0 Å². The Morgan fingerprint density at radius 2 is 2.03 bits per heavy atom. The fourth-order valence-electron chi connectivity index (χ4n) is 4.11. The van der Waals surface area contributed by atoms with Crippen LogP contribution >= 0.6 is 0 Å². The summed E-state index contributed by atoms with van der Waals surface area (Å²) in [5.41, 5.74) is 3.85. The van der Waals surface area contributed by atoms with Gasteiger partial charge in [0, 0.05) is 44.5 Å². The van der Waals surface area contributed by atoms with Gasteiger partial charge in [-0.2, -0.15) is 0 Å². The van der Waals surface area contributed by atoms with Crippen LogP contribution < -0.4 is 10.1 Å². The molecule has 0 saturated carbocycles. The minimum absolute atomic E-state index is 0.522. The second-order valence-electron chi connectivity index (χ2n) is 7.93. The molecule has 0 aliphatic carbocycles. The summed E-state index contributed by atoms with van der Waals surface area (Å²) < 4.78 is 7.37. The highest BCUT2D eigenvalue weighted by molar-refractivity contribution is 5.80. The van der Waals surface area contributed by atoms with E-state index in [0.29, 0.717) is 12.5 Å². The van der Waals surface area contributed by atoms with Gasteiger partial charge in [-0.25, -0.2) is 9.98 Å². The van der Waals surface area contributed by atoms with Crippen molar-refractivity contribution in [3.05, 3.63) is 83.9 Å². The molecular formula is C25H31N5O. The zero-order valence-electron chi connectivity index (χ0n) is 18.4. The summed E-state index contributed by atoms with van der Waals surface area (Å²) in [6.45, 7) is 6.49. The van der Waals surface area contributed by atoms with Crippen molar-refractivity contribution in [3.63, 3.8) is 0 Å². The molecule has 1 atom stereocenters. The second-order valence-corrected chi connectivity index (χ2v) is 7.93. The van der Waals surface area contributed by atoms with Crippen LogP contribution in [0.5, 0.6) is 5.75 Å². The Kier molecular flexibility index (Phi) is 6.87. The third kappa shape index (κ3) is 5.45. The number of nitrogens with zero attached hydrogens (tertiary/aromatic N) is 4. The minimum atomic E-state index is 0.522. The molecule has 3 aromatic rings. The second kappa shape index (κ2) is 10.2. The number of aromatic nitrogens is 2. The lowest BCUT2D eigenvalue weighted by Crippen LogP contribution is -2.40. The number of hydrogen-bond donors (Lipinski definition) is 1. The standard InChI is InChI=1S/C25H31N5O/c1-3-27-25(30-13-11-23(18-30)22-7-9-24(31-2)10-8-22)28-16-20-5-4-6-21(15-20)17-29-14-12-26-19-29/h4-10,12,14-15,19,23H,3,11,13,16-18H2,1-2H3,(H,27,28). The fraction of sp³-hybridized carbons (Fsp3) is 0.360. The zero-order valence-corrected chi connectivity index (χ0v) is 18.4. The number of aliphatic imine (C=N–C) groups is 1. The molecular weight excluding hydrogens is 386 g/mol. The quantitative estimate of drug-likeness (QED) is 0.468. The van der Waals surface area contributed by atoms with Crippen molar-refractivity contribution in [1.82, 2.24) is 19.8 Å². The van der Waals surface area contributed by atoms with Gasteiger partial charge in [0.15, 0.2) is 5.96 Å². The average Bonchev–Trinajstić information content (AvgIpc) is 3.49. The van der Waals surface area contributed by atoms with E-state index >= 15 is 0 Å². The first kappa shape index (κ1) is 21.0. The Hall–Kier alpha value is -3.28. The molecule has 2 aromatic carbocycles. The number of ether oxygens (including phenoxy) is 1. The maximum Gasteiger partial charge on any atom is 0.194 e. The lowest BCUT2D eigenvalue weighted by molar-refractivity contribution is 0.414. The topological polar surface area (TPSA) is 54.7 Å². The van der Waals surface area contributed by atoms with Gasteiger partial charge in [0.1, 0.15) is 5.75 Å². The van der Waals surface area contributed by atoms with Crippen LogP contribution in [0.15, 0.2) is 72.2 Å². The van der Waals surface area contributed by atoms with Crippen molar-refractivity contribution < 1.29 is 4.74 Å². The van der Waals surface area contributed by atoms with E-state index in [1.807, 2.05) is 30.9 Å². The number of guanidine groups is 1. The summed E-state index contributed by atoms with van der Waals surface area (Å²) in [6.07, 6.45) is 6.78. The highest BCUT2D eigenvalue weighted by Gasteiger charge is 2.26. The van der Waals surface area contributed by atoms with Gasteiger partial charge in [0.05, 0.1) is 20.0 Å². The Morgan fingerprint density at radius 1 is 1.19 bits per heavy atom. The molecule has 0 radical (unpaired) electrons. The Bertz CT molecular complexity index is 981. The van der Waals surface area contributed by atoms with Gasteiger partial charge in [-0.1, -0.05) is 36.4 Å². The lowest BCUT2D eigenvalue weighted by atomic mass is 9.98. The van der Waals surface area contributed by atoms with Gasteiger partial charge in [-0.15, -0.1) is 0 Å². The number of hydrogen-bond acceptors (Lipinski definition) is 3. The molecule has 31 heavy (non-hydrogen) atoms. The number of rotatable bonds is 7. The number of imidazole rings is 1. The van der Waals surface area contributed by atoms with E-state index in [4.69, 9.17) is 9.73 Å². The van der Waals surface area contributed by atoms with Crippen molar-refractivity contribution in [2.75, 3.05) is 26.7 Å². The monoisotopic (exact) mass is 417 g/mol. The van der Waals surface area contributed by atoms with Crippen LogP contribution in [0.25, 0.3) is 0 Å². The average molecular weight is 418 g/mol. The van der Waals surface area contributed by atoms with E-state index < -0.39 is 0 Å². The van der Waals surface area contributed by atoms with Gasteiger partial charge < -0.3 is 19.5 Å². The molecule has 1 unspecified atom stereocenters. The summed E-state index contributed by atoms with van der Waals surface area (Å²) in [4.78, 5) is 11.5. The first-order valence-corrected chi connectivity index (χ1v) is 11.0. The molecule has 0 spiro atoms. The van der Waals surface area contributed by atoms with Gasteiger partial charge in [-0.05, 0) is 42.2 Å². The highest BCUT2D eigenvalue weighted by atomic mass is 16.5. The van der Waals surface area contributed by atoms with Crippen LogP contribution in [0.4, 0.5) is 0 Å². The molecule has 0 bridgehead atoms. The van der Waals surface area contributed by atoms with Gasteiger partial charge in [-0.3, -0.25) is 0 Å². The molecule has 4 rings (SSSR count). The molecule has 162 valence electrons. The van der Waals surface area contributed by atoms with E-state index in [1.165, 1.54) is 16.7 Å². The fourth-order valence-corrected chi connectivity index (χ4v) is 4.11. The van der Waals surface area contributed by atoms with E-state index in [1.54, 1.807) is 7.11 Å². The number of benzene rings is 2. The molecule has 1 saturated heterocycles. The smallest absolute Gasteiger partial charge is 0.194 e. The van der Waals surface area contributed by atoms with Crippen molar-refractivity contribution in [1.29, 1.82) is 0 Å². The summed E-state index contributed by atoms with van der Waals surface area (Å²) in [6, 6.07) is 17.1. The molecule has 1 N–H and O–H groups in total. The summed E-state index contributed by atoms with van der Waals surface area (Å²) in [7, 11) is 1.71. The highest BCUT2D eigenvalue weighted by Crippen LogP contribution is 2.28. The Labute approximate surface area is 184 Å². The van der Waals surface area contributed by atoms with Crippen LogP contribution in [0, 0.1) is 0 Å². The predicted molar refractivity (Wildman–Crippen MR) is 125 cm³/mol. The summed E-state index contributed by atoms with van der Waals surface area (Å²) in [5, 5.41) is 3.48. The predicted octanol–water partition coefficient (Wildman–Crippen LogP) is 3.90. The van der Waals surface area contributed by atoms with Crippen LogP contribution in [-0.2, 0) is 13.1 Å². The summed E-state index contributed by atoms with van der Waals surface area (Å²) in [5.74, 6) is 2.43. The molecule has 6 nitrogen and oxygen atoms in total. The lowest BCUT2D eigenvalue weighted by Gasteiger charge is -2.22. The van der Waals surface area contributed by atoms with Crippen molar-refractivity contribution in [2.45, 2.75) is 32.4 Å². The molecule has 0 amide bonds. The van der Waals surface area contributed by atoms with Crippen LogP contribution in [0.1, 0.15) is 36.0 Å². The van der Waals surface area contributed by atoms with Crippen molar-refractivity contribution in [2.24, 2.45) is 4.99 Å². The van der Waals surface area contributed by atoms with Crippen molar-refractivity contribution in [3.8, 4) is 5.75 Å². The number of likely N-dealkylation sites (tertiary alicyclic amines) is 1. The third-order valence-electron chi connectivity index (χ3n) is 5.74. The molecule has 2 heterocycles. The first-order valence-electron chi connectivity index (χ1n) is 11.0. The van der Waals surface area contributed by atoms with E-state index in [2.05, 4.69) is 63.1 Å². The maximum absolute atomic E-state index is 5.29. The first-order chi connectivity index (χ1) is 15.2. The Morgan fingerprint density at radius 3 is 2.77 bits per heavy atom. The largest absolute Gasteiger partial charge is 0.497 e. The zero-order chi connectivity index (χ0) is 21.5. The SMILES string of the molecule is CCNC(=NCc1cccc(Cn2ccnc2)c1)N1CCC(c2ccc(OC)cc2)C1. The third-order valence-corrected chi connectivity index (χ3v) is 5.74.